The predicted molar refractivity (Wildman–Crippen MR) is 76.6 cm³/mol. The molecular formula is C13H20N2O3S. The van der Waals surface area contributed by atoms with Gasteiger partial charge in [0.15, 0.2) is 0 Å². The zero-order valence-electron chi connectivity index (χ0n) is 11.5. The highest BCUT2D eigenvalue weighted by atomic mass is 32.2. The molecule has 0 aliphatic carbocycles. The fourth-order valence-corrected chi connectivity index (χ4v) is 2.44. The third kappa shape index (κ3) is 4.33. The average Bonchev–Trinajstić information content (AvgIpc) is 2.38. The van der Waals surface area contributed by atoms with Gasteiger partial charge >= 0.3 is 0 Å². The number of carbonyl (C=O) groups excluding carboxylic acids is 1. The molecule has 6 heteroatoms. The first-order chi connectivity index (χ1) is 8.88. The summed E-state index contributed by atoms with van der Waals surface area (Å²) in [4.78, 5) is 13.7. The summed E-state index contributed by atoms with van der Waals surface area (Å²) in [5.41, 5.74) is 0.789. The Balaban J connectivity index is 2.72. The number of hydrogen-bond acceptors (Lipinski definition) is 3. The van der Waals surface area contributed by atoms with Crippen molar-refractivity contribution in [3.05, 3.63) is 30.3 Å². The normalized spacial score (nSPS) is 11.6. The molecule has 0 heterocycles. The van der Waals surface area contributed by atoms with Crippen LogP contribution in [0.2, 0.25) is 0 Å². The van der Waals surface area contributed by atoms with E-state index in [4.69, 9.17) is 0 Å². The number of hydrogen-bond donors (Lipinski definition) is 0. The molecule has 19 heavy (non-hydrogen) atoms. The number of carbonyl (C=O) groups is 1. The lowest BCUT2D eigenvalue weighted by Crippen LogP contribution is -2.34. The topological polar surface area (TPSA) is 57.7 Å². The van der Waals surface area contributed by atoms with E-state index in [0.717, 1.165) is 9.99 Å². The first-order valence-corrected chi connectivity index (χ1v) is 7.75. The van der Waals surface area contributed by atoms with Crippen LogP contribution in [0.1, 0.15) is 13.3 Å². The Morgan fingerprint density at radius 1 is 1.16 bits per heavy atom. The standard InChI is InChI=1S/C13H20N2O3S/c1-4-15(12-8-6-5-7-9-12)13(16)10-11-19(17,18)14(2)3/h5-9H,4,10-11H2,1-3H3. The lowest BCUT2D eigenvalue weighted by molar-refractivity contribution is -0.118. The second kappa shape index (κ2) is 6.68. The predicted octanol–water partition coefficient (Wildman–Crippen LogP) is 1.32. The summed E-state index contributed by atoms with van der Waals surface area (Å²) >= 11 is 0. The molecule has 0 radical (unpaired) electrons. The van der Waals surface area contributed by atoms with Crippen molar-refractivity contribution in [3.8, 4) is 0 Å². The molecule has 0 N–H and O–H groups in total. The van der Waals surface area contributed by atoms with Gasteiger partial charge in [0.1, 0.15) is 0 Å². The van der Waals surface area contributed by atoms with Gasteiger partial charge in [-0.2, -0.15) is 0 Å². The lowest BCUT2D eigenvalue weighted by atomic mass is 10.2. The number of amides is 1. The molecule has 0 aromatic heterocycles. The Labute approximate surface area is 114 Å². The molecule has 0 aliphatic heterocycles. The maximum absolute atomic E-state index is 12.1. The Morgan fingerprint density at radius 3 is 2.21 bits per heavy atom. The number of para-hydroxylation sites is 1. The summed E-state index contributed by atoms with van der Waals surface area (Å²) < 4.78 is 24.4. The van der Waals surface area contributed by atoms with Gasteiger partial charge in [-0.3, -0.25) is 4.79 Å². The van der Waals surface area contributed by atoms with Gasteiger partial charge in [-0.15, -0.1) is 0 Å². The smallest absolute Gasteiger partial charge is 0.228 e. The van der Waals surface area contributed by atoms with E-state index in [-0.39, 0.29) is 18.1 Å². The SMILES string of the molecule is CCN(C(=O)CCS(=O)(=O)N(C)C)c1ccccc1. The molecule has 0 spiro atoms. The van der Waals surface area contributed by atoms with Gasteiger partial charge in [-0.1, -0.05) is 18.2 Å². The third-order valence-electron chi connectivity index (χ3n) is 2.82. The van der Waals surface area contributed by atoms with Crippen molar-refractivity contribution in [2.45, 2.75) is 13.3 Å². The van der Waals surface area contributed by atoms with E-state index in [1.54, 1.807) is 4.90 Å². The molecule has 0 saturated carbocycles. The van der Waals surface area contributed by atoms with Crippen LogP contribution in [0, 0.1) is 0 Å². The van der Waals surface area contributed by atoms with Gasteiger partial charge in [0.05, 0.1) is 5.75 Å². The van der Waals surface area contributed by atoms with E-state index in [2.05, 4.69) is 0 Å². The molecule has 106 valence electrons. The van der Waals surface area contributed by atoms with Crippen molar-refractivity contribution >= 4 is 21.6 Å². The van der Waals surface area contributed by atoms with Crippen LogP contribution in [0.4, 0.5) is 5.69 Å². The fraction of sp³-hybridized carbons (Fsp3) is 0.462. The highest BCUT2D eigenvalue weighted by molar-refractivity contribution is 7.89. The highest BCUT2D eigenvalue weighted by Crippen LogP contribution is 2.14. The van der Waals surface area contributed by atoms with E-state index in [1.807, 2.05) is 37.3 Å². The van der Waals surface area contributed by atoms with E-state index in [0.29, 0.717) is 6.54 Å². The van der Waals surface area contributed by atoms with Crippen LogP contribution in [-0.2, 0) is 14.8 Å². The zero-order chi connectivity index (χ0) is 14.5. The van der Waals surface area contributed by atoms with E-state index in [9.17, 15) is 13.2 Å². The van der Waals surface area contributed by atoms with E-state index >= 15 is 0 Å². The van der Waals surface area contributed by atoms with Crippen LogP contribution in [0.25, 0.3) is 0 Å². The molecule has 0 bridgehead atoms. The molecule has 0 aliphatic rings. The first-order valence-electron chi connectivity index (χ1n) is 6.14. The number of rotatable bonds is 6. The number of sulfonamides is 1. The molecule has 1 rings (SSSR count). The molecule has 0 atom stereocenters. The van der Waals surface area contributed by atoms with Crippen LogP contribution < -0.4 is 4.90 Å². The third-order valence-corrected chi connectivity index (χ3v) is 4.65. The summed E-state index contributed by atoms with van der Waals surface area (Å²) in [7, 11) is -0.398. The van der Waals surface area contributed by atoms with Crippen molar-refractivity contribution < 1.29 is 13.2 Å². The van der Waals surface area contributed by atoms with Gasteiger partial charge in [0, 0.05) is 32.7 Å². The molecule has 1 aromatic rings. The van der Waals surface area contributed by atoms with Crippen LogP contribution in [-0.4, -0.2) is 45.0 Å². The molecule has 0 unspecified atom stereocenters. The molecule has 5 nitrogen and oxygen atoms in total. The van der Waals surface area contributed by atoms with Crippen molar-refractivity contribution in [3.63, 3.8) is 0 Å². The van der Waals surface area contributed by atoms with Gasteiger partial charge in [-0.05, 0) is 19.1 Å². The minimum absolute atomic E-state index is 0.0107. The Morgan fingerprint density at radius 2 is 1.74 bits per heavy atom. The summed E-state index contributed by atoms with van der Waals surface area (Å²) in [6.45, 7) is 2.39. The van der Waals surface area contributed by atoms with Gasteiger partial charge in [-0.25, -0.2) is 12.7 Å². The monoisotopic (exact) mass is 284 g/mol. The van der Waals surface area contributed by atoms with Crippen molar-refractivity contribution in [1.82, 2.24) is 4.31 Å². The minimum atomic E-state index is -3.33. The van der Waals surface area contributed by atoms with Crippen LogP contribution in [0.3, 0.4) is 0 Å². The number of benzene rings is 1. The second-order valence-electron chi connectivity index (χ2n) is 4.32. The molecule has 1 aromatic carbocycles. The van der Waals surface area contributed by atoms with E-state index < -0.39 is 10.0 Å². The largest absolute Gasteiger partial charge is 0.313 e. The number of anilines is 1. The Hall–Kier alpha value is -1.40. The van der Waals surface area contributed by atoms with Gasteiger partial charge in [0.2, 0.25) is 15.9 Å². The van der Waals surface area contributed by atoms with Crippen LogP contribution in [0.15, 0.2) is 30.3 Å². The van der Waals surface area contributed by atoms with Crippen molar-refractivity contribution in [1.29, 1.82) is 0 Å². The van der Waals surface area contributed by atoms with Gasteiger partial charge in [0.25, 0.3) is 0 Å². The first kappa shape index (κ1) is 15.7. The van der Waals surface area contributed by atoms with Gasteiger partial charge < -0.3 is 4.90 Å². The Kier molecular flexibility index (Phi) is 5.50. The van der Waals surface area contributed by atoms with E-state index in [1.165, 1.54) is 14.1 Å². The van der Waals surface area contributed by atoms with Crippen molar-refractivity contribution in [2.75, 3.05) is 31.3 Å². The number of nitrogens with zero attached hydrogens (tertiary/aromatic N) is 2. The summed E-state index contributed by atoms with van der Waals surface area (Å²) in [6.07, 6.45) is -0.0107. The van der Waals surface area contributed by atoms with Crippen LogP contribution >= 0.6 is 0 Å². The average molecular weight is 284 g/mol. The van der Waals surface area contributed by atoms with Crippen molar-refractivity contribution in [2.24, 2.45) is 0 Å². The maximum atomic E-state index is 12.1. The minimum Gasteiger partial charge on any atom is -0.313 e. The molecule has 0 saturated heterocycles. The summed E-state index contributed by atoms with van der Waals surface area (Å²) in [6, 6.07) is 9.24. The second-order valence-corrected chi connectivity index (χ2v) is 6.62. The lowest BCUT2D eigenvalue weighted by Gasteiger charge is -2.21. The maximum Gasteiger partial charge on any atom is 0.228 e. The zero-order valence-corrected chi connectivity index (χ0v) is 12.4. The van der Waals surface area contributed by atoms with Crippen LogP contribution in [0.5, 0.6) is 0 Å². The summed E-state index contributed by atoms with van der Waals surface area (Å²) in [5, 5.41) is 0. The highest BCUT2D eigenvalue weighted by Gasteiger charge is 2.19. The molecule has 1 amide bonds. The molecular weight excluding hydrogens is 264 g/mol. The quantitative estimate of drug-likeness (QED) is 0.791. The fourth-order valence-electron chi connectivity index (χ4n) is 1.64. The molecule has 0 fully saturated rings. The Bertz CT molecular complexity index is 512. The summed E-state index contributed by atoms with van der Waals surface area (Å²) in [5.74, 6) is -0.346.